The van der Waals surface area contributed by atoms with Crippen LogP contribution in [0.3, 0.4) is 0 Å². The van der Waals surface area contributed by atoms with Crippen LogP contribution in [-0.4, -0.2) is 50.4 Å². The van der Waals surface area contributed by atoms with Crippen molar-refractivity contribution in [3.63, 3.8) is 0 Å². The van der Waals surface area contributed by atoms with Gasteiger partial charge in [0.1, 0.15) is 11.9 Å². The van der Waals surface area contributed by atoms with Crippen molar-refractivity contribution >= 4 is 5.69 Å². The number of hydrogen-bond donors (Lipinski definition) is 1. The summed E-state index contributed by atoms with van der Waals surface area (Å²) in [5, 5.41) is 3.58. The van der Waals surface area contributed by atoms with Crippen LogP contribution in [-0.2, 0) is 4.74 Å². The van der Waals surface area contributed by atoms with E-state index in [1.807, 2.05) is 6.07 Å². The van der Waals surface area contributed by atoms with Crippen molar-refractivity contribution in [2.24, 2.45) is 0 Å². The second-order valence-corrected chi connectivity index (χ2v) is 5.85. The van der Waals surface area contributed by atoms with Gasteiger partial charge in [0.25, 0.3) is 0 Å². The van der Waals surface area contributed by atoms with Crippen LogP contribution in [0.25, 0.3) is 0 Å². The average molecular weight is 276 g/mol. The van der Waals surface area contributed by atoms with E-state index < -0.39 is 0 Å². The standard InChI is InChI=1S/C16H24N2O2/c1-18-8-5-16(12-18)20-15-4-2-3-14(11-15)17-13-6-9-19-10-7-13/h2-4,11,13,16-17H,5-10,12H2,1H3/t16-/m0/s1. The van der Waals surface area contributed by atoms with Gasteiger partial charge in [0.05, 0.1) is 0 Å². The molecule has 0 unspecified atom stereocenters. The molecule has 3 rings (SSSR count). The molecular weight excluding hydrogens is 252 g/mol. The van der Waals surface area contributed by atoms with E-state index in [4.69, 9.17) is 9.47 Å². The highest BCUT2D eigenvalue weighted by atomic mass is 16.5. The lowest BCUT2D eigenvalue weighted by Crippen LogP contribution is -2.27. The Bertz CT molecular complexity index is 410. The number of hydrogen-bond acceptors (Lipinski definition) is 4. The van der Waals surface area contributed by atoms with E-state index in [1.54, 1.807) is 0 Å². The molecule has 1 N–H and O–H groups in total. The summed E-state index contributed by atoms with van der Waals surface area (Å²) < 4.78 is 11.5. The third-order valence-corrected chi connectivity index (χ3v) is 4.08. The van der Waals surface area contributed by atoms with E-state index in [1.165, 1.54) is 0 Å². The molecular formula is C16H24N2O2. The Morgan fingerprint density at radius 2 is 2.10 bits per heavy atom. The fourth-order valence-corrected chi connectivity index (χ4v) is 2.92. The highest BCUT2D eigenvalue weighted by Crippen LogP contribution is 2.23. The molecule has 0 radical (unpaired) electrons. The number of ether oxygens (including phenoxy) is 2. The molecule has 1 aromatic rings. The van der Waals surface area contributed by atoms with Crippen molar-refractivity contribution in [2.45, 2.75) is 31.4 Å². The van der Waals surface area contributed by atoms with E-state index in [0.717, 1.165) is 57.0 Å². The quantitative estimate of drug-likeness (QED) is 0.915. The predicted molar refractivity (Wildman–Crippen MR) is 80.4 cm³/mol. The van der Waals surface area contributed by atoms with Crippen LogP contribution < -0.4 is 10.1 Å². The molecule has 0 aliphatic carbocycles. The molecule has 4 heteroatoms. The summed E-state index contributed by atoms with van der Waals surface area (Å²) in [7, 11) is 2.15. The molecule has 20 heavy (non-hydrogen) atoms. The summed E-state index contributed by atoms with van der Waals surface area (Å²) in [6.45, 7) is 3.88. The molecule has 2 aliphatic rings. The van der Waals surface area contributed by atoms with Gasteiger partial charge in [-0.15, -0.1) is 0 Å². The average Bonchev–Trinajstić information content (AvgIpc) is 2.86. The third kappa shape index (κ3) is 3.64. The van der Waals surface area contributed by atoms with Crippen LogP contribution in [0.15, 0.2) is 24.3 Å². The van der Waals surface area contributed by atoms with Crippen LogP contribution in [0, 0.1) is 0 Å². The van der Waals surface area contributed by atoms with Crippen LogP contribution in [0.1, 0.15) is 19.3 Å². The molecule has 2 fully saturated rings. The minimum absolute atomic E-state index is 0.332. The molecule has 0 spiro atoms. The molecule has 2 saturated heterocycles. The first-order valence-corrected chi connectivity index (χ1v) is 7.59. The second-order valence-electron chi connectivity index (χ2n) is 5.85. The monoisotopic (exact) mass is 276 g/mol. The topological polar surface area (TPSA) is 33.7 Å². The molecule has 0 aromatic heterocycles. The van der Waals surface area contributed by atoms with Gasteiger partial charge in [0, 0.05) is 44.1 Å². The summed E-state index contributed by atoms with van der Waals surface area (Å²) in [4.78, 5) is 2.31. The maximum Gasteiger partial charge on any atom is 0.121 e. The fraction of sp³-hybridized carbons (Fsp3) is 0.625. The maximum absolute atomic E-state index is 6.07. The number of likely N-dealkylation sites (N-methyl/N-ethyl adjacent to an activating group) is 1. The Morgan fingerprint density at radius 3 is 2.85 bits per heavy atom. The summed E-state index contributed by atoms with van der Waals surface area (Å²) >= 11 is 0. The van der Waals surface area contributed by atoms with Gasteiger partial charge in [-0.2, -0.15) is 0 Å². The molecule has 0 amide bonds. The first-order valence-electron chi connectivity index (χ1n) is 7.59. The minimum atomic E-state index is 0.332. The maximum atomic E-state index is 6.07. The Kier molecular flexibility index (Phi) is 4.43. The summed E-state index contributed by atoms with van der Waals surface area (Å²) in [5.41, 5.74) is 1.15. The third-order valence-electron chi connectivity index (χ3n) is 4.08. The van der Waals surface area contributed by atoms with Gasteiger partial charge in [-0.3, -0.25) is 0 Å². The van der Waals surface area contributed by atoms with Crippen LogP contribution in [0.5, 0.6) is 5.75 Å². The number of nitrogens with one attached hydrogen (secondary N) is 1. The summed E-state index contributed by atoms with van der Waals surface area (Å²) in [5.74, 6) is 0.974. The van der Waals surface area contributed by atoms with E-state index in [9.17, 15) is 0 Å². The first-order chi connectivity index (χ1) is 9.79. The van der Waals surface area contributed by atoms with Crippen LogP contribution in [0.2, 0.25) is 0 Å². The highest BCUT2D eigenvalue weighted by molar-refractivity contribution is 5.49. The van der Waals surface area contributed by atoms with E-state index in [0.29, 0.717) is 12.1 Å². The van der Waals surface area contributed by atoms with Gasteiger partial charge in [-0.25, -0.2) is 0 Å². The smallest absolute Gasteiger partial charge is 0.121 e. The minimum Gasteiger partial charge on any atom is -0.489 e. The van der Waals surface area contributed by atoms with Crippen molar-refractivity contribution < 1.29 is 9.47 Å². The molecule has 2 heterocycles. The zero-order valence-corrected chi connectivity index (χ0v) is 12.2. The normalized spacial score (nSPS) is 24.8. The van der Waals surface area contributed by atoms with Gasteiger partial charge in [0.15, 0.2) is 0 Å². The Hall–Kier alpha value is -1.26. The summed E-state index contributed by atoms with van der Waals surface area (Å²) in [6, 6.07) is 8.87. The number of anilines is 1. The molecule has 110 valence electrons. The molecule has 0 saturated carbocycles. The van der Waals surface area contributed by atoms with Crippen molar-refractivity contribution in [3.05, 3.63) is 24.3 Å². The fourth-order valence-electron chi connectivity index (χ4n) is 2.92. The molecule has 1 aromatic carbocycles. The lowest BCUT2D eigenvalue weighted by atomic mass is 10.1. The molecule has 0 bridgehead atoms. The number of benzene rings is 1. The predicted octanol–water partition coefficient (Wildman–Crippen LogP) is 2.36. The van der Waals surface area contributed by atoms with Crippen molar-refractivity contribution in [2.75, 3.05) is 38.7 Å². The van der Waals surface area contributed by atoms with Crippen LogP contribution in [0.4, 0.5) is 5.69 Å². The lowest BCUT2D eigenvalue weighted by molar-refractivity contribution is 0.0904. The van der Waals surface area contributed by atoms with Crippen LogP contribution >= 0.6 is 0 Å². The second kappa shape index (κ2) is 6.46. The van der Waals surface area contributed by atoms with Gasteiger partial charge in [-0.1, -0.05) is 6.07 Å². The van der Waals surface area contributed by atoms with E-state index in [2.05, 4.69) is 35.5 Å². The summed E-state index contributed by atoms with van der Waals surface area (Å²) in [6.07, 6.45) is 3.61. The zero-order chi connectivity index (χ0) is 13.8. The van der Waals surface area contributed by atoms with E-state index in [-0.39, 0.29) is 0 Å². The number of likely N-dealkylation sites (tertiary alicyclic amines) is 1. The van der Waals surface area contributed by atoms with E-state index >= 15 is 0 Å². The lowest BCUT2D eigenvalue weighted by Gasteiger charge is -2.24. The van der Waals surface area contributed by atoms with Crippen molar-refractivity contribution in [3.8, 4) is 5.75 Å². The number of rotatable bonds is 4. The van der Waals surface area contributed by atoms with Crippen molar-refractivity contribution in [1.29, 1.82) is 0 Å². The van der Waals surface area contributed by atoms with Gasteiger partial charge < -0.3 is 19.7 Å². The Labute approximate surface area is 121 Å². The van der Waals surface area contributed by atoms with Gasteiger partial charge >= 0.3 is 0 Å². The molecule has 4 nitrogen and oxygen atoms in total. The molecule has 2 aliphatic heterocycles. The van der Waals surface area contributed by atoms with Gasteiger partial charge in [0.2, 0.25) is 0 Å². The van der Waals surface area contributed by atoms with Gasteiger partial charge in [-0.05, 0) is 38.4 Å². The first kappa shape index (κ1) is 13.7. The number of nitrogens with zero attached hydrogens (tertiary/aromatic N) is 1. The largest absolute Gasteiger partial charge is 0.489 e. The molecule has 1 atom stereocenters. The highest BCUT2D eigenvalue weighted by Gasteiger charge is 2.21. The zero-order valence-electron chi connectivity index (χ0n) is 12.2. The van der Waals surface area contributed by atoms with Crippen molar-refractivity contribution in [1.82, 2.24) is 4.90 Å². The SMILES string of the molecule is CN1CC[C@H](Oc2cccc(NC3CCOCC3)c2)C1. The Morgan fingerprint density at radius 1 is 1.25 bits per heavy atom. The Balaban J connectivity index is 1.57.